The molecule has 0 saturated carbocycles. The van der Waals surface area contributed by atoms with Crippen molar-refractivity contribution in [3.05, 3.63) is 65.0 Å². The average molecular weight is 664 g/mol. The van der Waals surface area contributed by atoms with Crippen LogP contribution in [-0.2, 0) is 16.0 Å². The quantitative estimate of drug-likeness (QED) is 0.122. The van der Waals surface area contributed by atoms with Crippen LogP contribution in [0, 0.1) is 5.82 Å². The Hall–Kier alpha value is -5.07. The molecule has 2 amide bonds. The maximum Gasteiger partial charge on any atom is 0.328 e. The monoisotopic (exact) mass is 663 g/mol. The molecule has 3 heterocycles. The summed E-state index contributed by atoms with van der Waals surface area (Å²) in [6, 6.07) is 8.44. The molecule has 0 radical (unpaired) electrons. The molecule has 0 unspecified atom stereocenters. The third-order valence-electron chi connectivity index (χ3n) is 8.50. The summed E-state index contributed by atoms with van der Waals surface area (Å²) >= 11 is 0. The van der Waals surface area contributed by atoms with E-state index in [-0.39, 0.29) is 23.5 Å². The van der Waals surface area contributed by atoms with Crippen molar-refractivity contribution in [3.63, 3.8) is 0 Å². The molecule has 0 spiro atoms. The van der Waals surface area contributed by atoms with Crippen LogP contribution in [-0.4, -0.2) is 75.8 Å². The maximum atomic E-state index is 15.1. The lowest BCUT2D eigenvalue weighted by atomic mass is 9.97. The van der Waals surface area contributed by atoms with Gasteiger partial charge >= 0.3 is 11.9 Å². The predicted octanol–water partition coefficient (Wildman–Crippen LogP) is 5.44. The molecule has 1 fully saturated rings. The van der Waals surface area contributed by atoms with E-state index in [4.69, 9.17) is 10.2 Å². The SMILES string of the molecule is CCCCCCCCCC(=O)n1nc(N2CCN(c3ccc4c(c3CC)C(=O)NC4=O)CC2)c2c(F)cccc21.O=C(O)C=CC(=O)O. The molecular weight excluding hydrogens is 621 g/mol. The highest BCUT2D eigenvalue weighted by atomic mass is 19.1. The smallest absolute Gasteiger partial charge is 0.328 e. The molecule has 0 aliphatic carbocycles. The van der Waals surface area contributed by atoms with E-state index in [9.17, 15) is 24.0 Å². The van der Waals surface area contributed by atoms with Gasteiger partial charge in [0.1, 0.15) is 5.82 Å². The number of aliphatic carboxylic acids is 2. The molecule has 2 aromatic carbocycles. The number of carbonyl (C=O) groups is 5. The van der Waals surface area contributed by atoms with Gasteiger partial charge in [-0.3, -0.25) is 19.7 Å². The van der Waals surface area contributed by atoms with E-state index in [0.717, 1.165) is 30.5 Å². The van der Waals surface area contributed by atoms with Crippen LogP contribution in [0.2, 0.25) is 0 Å². The zero-order valence-electron chi connectivity index (χ0n) is 27.3. The lowest BCUT2D eigenvalue weighted by Crippen LogP contribution is -2.47. The van der Waals surface area contributed by atoms with Crippen LogP contribution < -0.4 is 15.1 Å². The van der Waals surface area contributed by atoms with Gasteiger partial charge in [0.2, 0.25) is 5.91 Å². The first-order valence-corrected chi connectivity index (χ1v) is 16.4. The van der Waals surface area contributed by atoms with Crippen LogP contribution in [0.25, 0.3) is 10.9 Å². The number of carbonyl (C=O) groups excluding carboxylic acids is 3. The summed E-state index contributed by atoms with van der Waals surface area (Å²) in [5.41, 5.74) is 3.22. The molecule has 12 nitrogen and oxygen atoms in total. The standard InChI is InChI=1S/C31H38FN5O3.C4H4O4/c1-3-5-6-7-8-9-10-14-26(38)37-25-13-11-12-23(32)28(25)29(34-37)36-19-17-35(18-20-36)24-16-15-22-27(21(24)4-2)31(40)33-30(22)39;5-3(6)1-2-4(7)8/h11-13,15-16H,3-10,14,17-20H2,1-2H3,(H,33,39,40);1-2H,(H,5,6)(H,7,8). The number of carboxylic acid groups (broad SMARTS) is 2. The van der Waals surface area contributed by atoms with Crippen molar-refractivity contribution >= 4 is 52.1 Å². The zero-order chi connectivity index (χ0) is 34.8. The van der Waals surface area contributed by atoms with Crippen molar-refractivity contribution in [2.24, 2.45) is 0 Å². The third kappa shape index (κ3) is 8.44. The minimum atomic E-state index is -1.26. The molecule has 1 aromatic heterocycles. The number of carboxylic acids is 2. The maximum absolute atomic E-state index is 15.1. The number of rotatable bonds is 13. The molecule has 0 bridgehead atoms. The van der Waals surface area contributed by atoms with Crippen LogP contribution in [0.3, 0.4) is 0 Å². The lowest BCUT2D eigenvalue weighted by Gasteiger charge is -2.37. The molecule has 0 atom stereocenters. The van der Waals surface area contributed by atoms with Crippen LogP contribution >= 0.6 is 0 Å². The van der Waals surface area contributed by atoms with E-state index >= 15 is 4.39 Å². The number of nitrogens with zero attached hydrogens (tertiary/aromatic N) is 4. The number of unbranched alkanes of at least 4 members (excludes halogenated alkanes) is 6. The van der Waals surface area contributed by atoms with E-state index in [1.807, 2.05) is 17.9 Å². The Morgan fingerprint density at radius 1 is 0.854 bits per heavy atom. The Bertz CT molecular complexity index is 1690. The van der Waals surface area contributed by atoms with Gasteiger partial charge in [-0.25, -0.2) is 14.0 Å². The summed E-state index contributed by atoms with van der Waals surface area (Å²) in [5.74, 6) is -3.20. The number of anilines is 2. The van der Waals surface area contributed by atoms with Gasteiger partial charge < -0.3 is 20.0 Å². The number of nitrogens with one attached hydrogen (secondary N) is 1. The van der Waals surface area contributed by atoms with Crippen molar-refractivity contribution in [2.45, 2.75) is 71.6 Å². The molecule has 3 N–H and O–H groups in total. The van der Waals surface area contributed by atoms with Crippen molar-refractivity contribution < 1.29 is 38.6 Å². The fourth-order valence-electron chi connectivity index (χ4n) is 6.13. The third-order valence-corrected chi connectivity index (χ3v) is 8.50. The highest BCUT2D eigenvalue weighted by molar-refractivity contribution is 6.22. The van der Waals surface area contributed by atoms with Crippen LogP contribution in [0.1, 0.15) is 96.3 Å². The number of fused-ring (bicyclic) bond motifs is 2. The van der Waals surface area contributed by atoms with E-state index in [0.29, 0.717) is 79.0 Å². The summed E-state index contributed by atoms with van der Waals surface area (Å²) < 4.78 is 16.5. The van der Waals surface area contributed by atoms with Gasteiger partial charge in [-0.1, -0.05) is 58.4 Å². The second kappa shape index (κ2) is 16.7. The van der Waals surface area contributed by atoms with E-state index < -0.39 is 11.9 Å². The van der Waals surface area contributed by atoms with Gasteiger partial charge in [-0.15, -0.1) is 5.10 Å². The van der Waals surface area contributed by atoms with Crippen molar-refractivity contribution in [1.29, 1.82) is 0 Å². The van der Waals surface area contributed by atoms with Crippen LogP contribution in [0.15, 0.2) is 42.5 Å². The van der Waals surface area contributed by atoms with Crippen molar-refractivity contribution in [3.8, 4) is 0 Å². The van der Waals surface area contributed by atoms with Crippen molar-refractivity contribution in [1.82, 2.24) is 15.1 Å². The molecule has 1 saturated heterocycles. The molecule has 13 heteroatoms. The molecule has 48 heavy (non-hydrogen) atoms. The number of benzene rings is 2. The van der Waals surface area contributed by atoms with Gasteiger partial charge in [0.05, 0.1) is 22.0 Å². The molecule has 2 aliphatic heterocycles. The van der Waals surface area contributed by atoms with Gasteiger partial charge in [-0.05, 0) is 42.7 Å². The van der Waals surface area contributed by atoms with Gasteiger partial charge in [-0.2, -0.15) is 4.68 Å². The minimum Gasteiger partial charge on any atom is -0.478 e. The number of hydrogen-bond acceptors (Lipinski definition) is 8. The van der Waals surface area contributed by atoms with E-state index in [1.165, 1.54) is 36.4 Å². The van der Waals surface area contributed by atoms with E-state index in [1.54, 1.807) is 18.2 Å². The van der Waals surface area contributed by atoms with Crippen LogP contribution in [0.4, 0.5) is 15.9 Å². The number of piperazine rings is 1. The lowest BCUT2D eigenvalue weighted by molar-refractivity contribution is -0.134. The molecule has 2 aliphatic rings. The summed E-state index contributed by atoms with van der Waals surface area (Å²) in [5, 5.41) is 23.1. The highest BCUT2D eigenvalue weighted by Gasteiger charge is 2.32. The molecule has 256 valence electrons. The Kier molecular flexibility index (Phi) is 12.4. The first-order valence-electron chi connectivity index (χ1n) is 16.4. The van der Waals surface area contributed by atoms with Gasteiger partial charge in [0.15, 0.2) is 5.82 Å². The predicted molar refractivity (Wildman–Crippen MR) is 179 cm³/mol. The summed E-state index contributed by atoms with van der Waals surface area (Å²) in [6.45, 7) is 6.61. The summed E-state index contributed by atoms with van der Waals surface area (Å²) in [4.78, 5) is 61.1. The Labute approximate surface area is 278 Å². The number of aromatic nitrogens is 2. The van der Waals surface area contributed by atoms with Crippen LogP contribution in [0.5, 0.6) is 0 Å². The Balaban J connectivity index is 0.000000579. The van der Waals surface area contributed by atoms with E-state index in [2.05, 4.69) is 22.2 Å². The average Bonchev–Trinajstić information content (AvgIpc) is 3.61. The fraction of sp³-hybridized carbons (Fsp3) is 0.429. The topological polar surface area (TPSA) is 162 Å². The molecule has 3 aromatic rings. The summed E-state index contributed by atoms with van der Waals surface area (Å²) in [6.07, 6.45) is 9.99. The number of imide groups is 1. The Morgan fingerprint density at radius 2 is 1.48 bits per heavy atom. The Morgan fingerprint density at radius 3 is 2.10 bits per heavy atom. The molecule has 5 rings (SSSR count). The minimum absolute atomic E-state index is 0.104. The van der Waals surface area contributed by atoms with Gasteiger partial charge in [0.25, 0.3) is 11.8 Å². The second-order valence-corrected chi connectivity index (χ2v) is 11.7. The molecular formula is C35H42FN5O7. The largest absolute Gasteiger partial charge is 0.478 e. The normalized spacial score (nSPS) is 14.2. The first kappa shape index (κ1) is 35.8. The van der Waals surface area contributed by atoms with Gasteiger partial charge in [0, 0.05) is 50.4 Å². The zero-order valence-corrected chi connectivity index (χ0v) is 27.3. The second-order valence-electron chi connectivity index (χ2n) is 11.7. The number of amides is 2. The summed E-state index contributed by atoms with van der Waals surface area (Å²) in [7, 11) is 0. The number of hydrogen-bond donors (Lipinski definition) is 3. The number of halogens is 1. The highest BCUT2D eigenvalue weighted by Crippen LogP contribution is 2.33. The fourth-order valence-corrected chi connectivity index (χ4v) is 6.13. The van der Waals surface area contributed by atoms with Crippen molar-refractivity contribution in [2.75, 3.05) is 36.0 Å². The first-order chi connectivity index (χ1) is 23.1.